The Morgan fingerprint density at radius 3 is 1.03 bits per heavy atom. The summed E-state index contributed by atoms with van der Waals surface area (Å²) in [6, 6.07) is 0. The maximum atomic E-state index is 12.6. The van der Waals surface area contributed by atoms with Crippen LogP contribution < -0.4 is 45.0 Å². The first-order valence-electron chi connectivity index (χ1n) is 9.44. The molecular formula is C16H43Cl6N9O3. The van der Waals surface area contributed by atoms with Crippen molar-refractivity contribution in [2.75, 3.05) is 65.4 Å². The molecule has 0 atom stereocenters. The predicted molar refractivity (Wildman–Crippen MR) is 151 cm³/mol. The van der Waals surface area contributed by atoms with Gasteiger partial charge in [0, 0.05) is 65.4 Å². The molecule has 0 rings (SSSR count). The second kappa shape index (κ2) is 30.9. The topological polar surface area (TPSA) is 235 Å². The number of hydrogen-bond donors (Lipinski definition) is 8. The number of hydrogen-bond acceptors (Lipinski definition) is 9. The van der Waals surface area contributed by atoms with E-state index in [0.29, 0.717) is 0 Å². The summed E-state index contributed by atoms with van der Waals surface area (Å²) in [5.74, 6) is -2.27. The van der Waals surface area contributed by atoms with Crippen LogP contribution in [0.25, 0.3) is 0 Å². The van der Waals surface area contributed by atoms with Gasteiger partial charge in [0.1, 0.15) is 0 Å². The van der Waals surface area contributed by atoms with Gasteiger partial charge in [-0.15, -0.1) is 74.4 Å². The lowest BCUT2D eigenvalue weighted by Crippen LogP contribution is -2.49. The van der Waals surface area contributed by atoms with Gasteiger partial charge in [-0.2, -0.15) is 0 Å². The highest BCUT2D eigenvalue weighted by atomic mass is 35.5. The molecule has 212 valence electrons. The summed E-state index contributed by atoms with van der Waals surface area (Å²) >= 11 is 0. The second-order valence-corrected chi connectivity index (χ2v) is 6.41. The Morgan fingerprint density at radius 2 is 0.794 bits per heavy atom. The van der Waals surface area contributed by atoms with E-state index in [0.717, 1.165) is 0 Å². The molecule has 12 nitrogen and oxygen atoms in total. The van der Waals surface area contributed by atoms with E-state index in [1.807, 2.05) is 0 Å². The fraction of sp³-hybridized carbons (Fsp3) is 0.812. The van der Waals surface area contributed by atoms with E-state index in [2.05, 4.69) is 10.6 Å². The molecule has 18 heteroatoms. The van der Waals surface area contributed by atoms with Crippen LogP contribution in [0.15, 0.2) is 0 Å². The molecular weight excluding hydrogens is 579 g/mol. The van der Waals surface area contributed by atoms with E-state index in [1.54, 1.807) is 0 Å². The summed E-state index contributed by atoms with van der Waals surface area (Å²) in [6.45, 7) is 1.67. The highest BCUT2D eigenvalue weighted by molar-refractivity contribution is 5.86. The maximum absolute atomic E-state index is 12.6. The lowest BCUT2D eigenvalue weighted by molar-refractivity contribution is -0.135. The van der Waals surface area contributed by atoms with E-state index in [9.17, 15) is 14.4 Å². The molecule has 0 aromatic rings. The smallest absolute Gasteiger partial charge is 0.228 e. The molecule has 0 heterocycles. The van der Waals surface area contributed by atoms with Crippen LogP contribution in [0, 0.1) is 17.8 Å². The number of rotatable bonds is 15. The van der Waals surface area contributed by atoms with Crippen molar-refractivity contribution in [3.05, 3.63) is 0 Å². The van der Waals surface area contributed by atoms with Crippen LogP contribution in [0.1, 0.15) is 0 Å². The normalized spacial score (nSPS) is 9.21. The van der Waals surface area contributed by atoms with Gasteiger partial charge in [0.05, 0.1) is 17.8 Å². The van der Waals surface area contributed by atoms with Crippen molar-refractivity contribution >= 4 is 92.2 Å². The molecule has 0 aliphatic carbocycles. The Labute approximate surface area is 239 Å². The number of amides is 3. The molecule has 0 spiro atoms. The fourth-order valence-corrected chi connectivity index (χ4v) is 2.43. The molecule has 0 unspecified atom stereocenters. The molecule has 0 radical (unpaired) electrons. The first kappa shape index (κ1) is 50.7. The highest BCUT2D eigenvalue weighted by Gasteiger charge is 2.23. The lowest BCUT2D eigenvalue weighted by atomic mass is 10.1. The number of nitrogens with one attached hydrogen (secondary N) is 2. The van der Waals surface area contributed by atoms with E-state index >= 15 is 0 Å². The number of halogens is 6. The minimum Gasteiger partial charge on any atom is -0.354 e. The number of nitrogens with zero attached hydrogens (tertiary/aromatic N) is 1. The van der Waals surface area contributed by atoms with Gasteiger partial charge >= 0.3 is 0 Å². The van der Waals surface area contributed by atoms with Crippen LogP contribution in [-0.4, -0.2) is 88.1 Å². The van der Waals surface area contributed by atoms with Gasteiger partial charge in [0.25, 0.3) is 0 Å². The highest BCUT2D eigenvalue weighted by Crippen LogP contribution is 2.01. The van der Waals surface area contributed by atoms with Crippen molar-refractivity contribution in [3.63, 3.8) is 0 Å². The van der Waals surface area contributed by atoms with Crippen molar-refractivity contribution < 1.29 is 14.4 Å². The zero-order valence-corrected chi connectivity index (χ0v) is 23.8. The average molecular weight is 622 g/mol. The third kappa shape index (κ3) is 19.1. The van der Waals surface area contributed by atoms with Crippen molar-refractivity contribution in [1.82, 2.24) is 15.5 Å². The molecule has 34 heavy (non-hydrogen) atoms. The molecule has 0 aromatic heterocycles. The van der Waals surface area contributed by atoms with Gasteiger partial charge in [-0.3, -0.25) is 14.4 Å². The summed E-state index contributed by atoms with van der Waals surface area (Å²) in [6.07, 6.45) is 0. The van der Waals surface area contributed by atoms with Crippen LogP contribution in [-0.2, 0) is 14.4 Å². The summed E-state index contributed by atoms with van der Waals surface area (Å²) in [7, 11) is 0. The molecule has 14 N–H and O–H groups in total. The van der Waals surface area contributed by atoms with Crippen LogP contribution >= 0.6 is 74.4 Å². The maximum Gasteiger partial charge on any atom is 0.228 e. The molecule has 0 aromatic carbocycles. The molecule has 0 aliphatic rings. The van der Waals surface area contributed by atoms with Crippen LogP contribution in [0.5, 0.6) is 0 Å². The average Bonchev–Trinajstić information content (AvgIpc) is 2.69. The molecule has 0 saturated heterocycles. The molecule has 0 saturated carbocycles. The Balaban J connectivity index is -0.000000243. The lowest BCUT2D eigenvalue weighted by Gasteiger charge is -2.27. The van der Waals surface area contributed by atoms with Gasteiger partial charge in [-0.05, 0) is 0 Å². The Kier molecular flexibility index (Phi) is 46.2. The number of carbonyl (C=O) groups is 3. The quantitative estimate of drug-likeness (QED) is 0.0940. The molecule has 0 fully saturated rings. The Morgan fingerprint density at radius 1 is 0.529 bits per heavy atom. The summed E-state index contributed by atoms with van der Waals surface area (Å²) in [5.41, 5.74) is 33.2. The summed E-state index contributed by atoms with van der Waals surface area (Å²) < 4.78 is 0. The summed E-state index contributed by atoms with van der Waals surface area (Å²) in [4.78, 5) is 38.0. The third-order valence-corrected chi connectivity index (χ3v) is 4.47. The molecule has 3 amide bonds. The number of nitrogens with two attached hydrogens (primary N) is 6. The van der Waals surface area contributed by atoms with Crippen molar-refractivity contribution in [2.24, 2.45) is 52.2 Å². The van der Waals surface area contributed by atoms with Crippen molar-refractivity contribution in [2.45, 2.75) is 0 Å². The van der Waals surface area contributed by atoms with Crippen LogP contribution in [0.3, 0.4) is 0 Å². The van der Waals surface area contributed by atoms with Crippen LogP contribution in [0.4, 0.5) is 0 Å². The first-order valence-corrected chi connectivity index (χ1v) is 9.44. The van der Waals surface area contributed by atoms with Crippen molar-refractivity contribution in [1.29, 1.82) is 0 Å². The van der Waals surface area contributed by atoms with Gasteiger partial charge in [-0.25, -0.2) is 0 Å². The Bertz CT molecular complexity index is 459. The number of carbonyl (C=O) groups excluding carboxylic acids is 3. The van der Waals surface area contributed by atoms with Gasteiger partial charge < -0.3 is 49.9 Å². The van der Waals surface area contributed by atoms with Crippen LogP contribution in [0.2, 0.25) is 0 Å². The SMILES string of the molecule is Cl.Cl.Cl.Cl.Cl.Cl.NCC(CN)C(=O)NCCN(CCNC(=O)C(CN)CN)C(=O)C(CN)CN. The largest absolute Gasteiger partial charge is 0.354 e. The van der Waals surface area contributed by atoms with E-state index in [4.69, 9.17) is 34.4 Å². The monoisotopic (exact) mass is 619 g/mol. The third-order valence-electron chi connectivity index (χ3n) is 4.47. The van der Waals surface area contributed by atoms with Gasteiger partial charge in [0.2, 0.25) is 17.7 Å². The zero-order valence-electron chi connectivity index (χ0n) is 18.9. The summed E-state index contributed by atoms with van der Waals surface area (Å²) in [5, 5.41) is 5.41. The minimum atomic E-state index is -0.534. The fourth-order valence-electron chi connectivity index (χ4n) is 2.43. The first-order chi connectivity index (χ1) is 13.4. The van der Waals surface area contributed by atoms with Crippen molar-refractivity contribution in [3.8, 4) is 0 Å². The van der Waals surface area contributed by atoms with E-state index in [1.165, 1.54) is 4.90 Å². The molecule has 0 aliphatic heterocycles. The molecule has 0 bridgehead atoms. The Hall–Kier alpha value is -0.0900. The zero-order chi connectivity index (χ0) is 21.5. The standard InChI is InChI=1S/C16H37N9O3.6ClH/c17-5-11(6-18)14(26)23-1-3-25(16(28)13(9-21)10-22)4-2-24-15(27)12(7-19)8-20;;;;;;/h11-13H,1-10,17-22H2,(H,23,26)(H,24,27);6*1H. The minimum absolute atomic E-state index is 0. The van der Waals surface area contributed by atoms with Gasteiger partial charge in [0.15, 0.2) is 0 Å². The second-order valence-electron chi connectivity index (χ2n) is 6.41. The van der Waals surface area contributed by atoms with E-state index < -0.39 is 17.8 Å². The van der Waals surface area contributed by atoms with E-state index in [-0.39, 0.29) is 158 Å². The van der Waals surface area contributed by atoms with Gasteiger partial charge in [-0.1, -0.05) is 0 Å². The predicted octanol–water partition coefficient (Wildman–Crippen LogP) is -2.82.